The maximum atomic E-state index is 12.3. The van der Waals surface area contributed by atoms with Crippen molar-refractivity contribution in [1.29, 1.82) is 0 Å². The number of rotatable bonds is 4. The molecule has 0 aliphatic heterocycles. The molecule has 0 radical (unpaired) electrons. The fourth-order valence-electron chi connectivity index (χ4n) is 2.70. The van der Waals surface area contributed by atoms with Crippen molar-refractivity contribution in [3.63, 3.8) is 0 Å². The summed E-state index contributed by atoms with van der Waals surface area (Å²) in [6, 6.07) is 30.1. The van der Waals surface area contributed by atoms with Crippen molar-refractivity contribution in [1.82, 2.24) is 0 Å². The van der Waals surface area contributed by atoms with Crippen LogP contribution in [0.1, 0.15) is 16.7 Å². The molecule has 0 amide bonds. The van der Waals surface area contributed by atoms with Crippen LogP contribution in [-0.4, -0.2) is 0 Å². The second-order valence-corrected chi connectivity index (χ2v) is 5.75. The van der Waals surface area contributed by atoms with E-state index in [1.165, 1.54) is 0 Å². The second-order valence-electron chi connectivity index (χ2n) is 4.90. The molecule has 0 heterocycles. The molecule has 0 bridgehead atoms. The lowest BCUT2D eigenvalue weighted by atomic mass is 9.84. The molecule has 3 aromatic carbocycles. The van der Waals surface area contributed by atoms with E-state index in [0.717, 1.165) is 16.7 Å². The molecule has 1 nitrogen and oxygen atoms in total. The van der Waals surface area contributed by atoms with E-state index >= 15 is 0 Å². The van der Waals surface area contributed by atoms with E-state index in [-0.39, 0.29) is 8.46 Å². The van der Waals surface area contributed by atoms with Crippen molar-refractivity contribution in [3.05, 3.63) is 108 Å². The normalized spacial score (nSPS) is 11.4. The Balaban J connectivity index is 2.31. The summed E-state index contributed by atoms with van der Waals surface area (Å²) in [5.74, 6) is 0. The lowest BCUT2D eigenvalue weighted by Crippen LogP contribution is -2.22. The first kappa shape index (κ1) is 13.7. The van der Waals surface area contributed by atoms with Crippen LogP contribution in [0.15, 0.2) is 91.0 Å². The molecule has 0 saturated heterocycles. The Bertz CT molecular complexity index is 612. The van der Waals surface area contributed by atoms with Gasteiger partial charge in [0, 0.05) is 0 Å². The SMILES string of the molecule is O=PC(c1ccccc1)(c1ccccc1)c1ccccc1. The van der Waals surface area contributed by atoms with Crippen LogP contribution in [0.25, 0.3) is 0 Å². The van der Waals surface area contributed by atoms with Crippen molar-refractivity contribution in [2.75, 3.05) is 0 Å². The van der Waals surface area contributed by atoms with Crippen LogP contribution < -0.4 is 0 Å². The molecule has 3 rings (SSSR count). The van der Waals surface area contributed by atoms with Gasteiger partial charge in [0.15, 0.2) is 8.46 Å². The van der Waals surface area contributed by atoms with Crippen molar-refractivity contribution >= 4 is 8.46 Å². The molecule has 0 unspecified atom stereocenters. The van der Waals surface area contributed by atoms with Crippen LogP contribution in [0.4, 0.5) is 0 Å². The fourth-order valence-corrected chi connectivity index (χ4v) is 3.46. The minimum atomic E-state index is -0.663. The van der Waals surface area contributed by atoms with E-state index in [4.69, 9.17) is 0 Å². The minimum Gasteiger partial charge on any atom is -0.273 e. The Labute approximate surface area is 126 Å². The number of hydrogen-bond donors (Lipinski definition) is 0. The summed E-state index contributed by atoms with van der Waals surface area (Å²) in [4.78, 5) is 0. The van der Waals surface area contributed by atoms with Crippen LogP contribution in [0.3, 0.4) is 0 Å². The van der Waals surface area contributed by atoms with Crippen LogP contribution in [0.5, 0.6) is 0 Å². The second kappa shape index (κ2) is 6.03. The molecule has 0 saturated carbocycles. The summed E-state index contributed by atoms with van der Waals surface area (Å²) < 4.78 is 12.3. The van der Waals surface area contributed by atoms with Crippen molar-refractivity contribution in [3.8, 4) is 0 Å². The highest BCUT2D eigenvalue weighted by molar-refractivity contribution is 7.26. The fraction of sp³-hybridized carbons (Fsp3) is 0.0526. The monoisotopic (exact) mass is 290 g/mol. The van der Waals surface area contributed by atoms with Gasteiger partial charge in [-0.25, -0.2) is 0 Å². The summed E-state index contributed by atoms with van der Waals surface area (Å²) in [6.45, 7) is 0. The third-order valence-corrected chi connectivity index (χ3v) is 4.76. The first-order chi connectivity index (χ1) is 10.4. The number of hydrogen-bond acceptors (Lipinski definition) is 1. The molecule has 0 atom stereocenters. The van der Waals surface area contributed by atoms with Crippen LogP contribution in [0, 0.1) is 0 Å². The third kappa shape index (κ3) is 2.41. The Morgan fingerprint density at radius 1 is 0.524 bits per heavy atom. The highest BCUT2D eigenvalue weighted by atomic mass is 31.1. The summed E-state index contributed by atoms with van der Waals surface area (Å²) in [7, 11) is 0.0641. The van der Waals surface area contributed by atoms with Crippen LogP contribution in [0.2, 0.25) is 0 Å². The van der Waals surface area contributed by atoms with Gasteiger partial charge in [-0.3, -0.25) is 4.57 Å². The average molecular weight is 290 g/mol. The zero-order chi connectivity index (χ0) is 14.5. The first-order valence-corrected chi connectivity index (χ1v) is 7.70. The van der Waals surface area contributed by atoms with E-state index in [2.05, 4.69) is 0 Å². The van der Waals surface area contributed by atoms with E-state index in [1.807, 2.05) is 91.0 Å². The van der Waals surface area contributed by atoms with Crippen molar-refractivity contribution in [2.45, 2.75) is 5.16 Å². The Morgan fingerprint density at radius 2 is 0.810 bits per heavy atom. The van der Waals surface area contributed by atoms with Crippen LogP contribution in [-0.2, 0) is 9.72 Å². The highest BCUT2D eigenvalue weighted by Crippen LogP contribution is 2.47. The zero-order valence-electron chi connectivity index (χ0n) is 11.5. The van der Waals surface area contributed by atoms with Crippen LogP contribution >= 0.6 is 8.46 Å². The van der Waals surface area contributed by atoms with Gasteiger partial charge in [-0.15, -0.1) is 0 Å². The molecule has 3 aromatic rings. The average Bonchev–Trinajstić information content (AvgIpc) is 2.59. The van der Waals surface area contributed by atoms with Crippen molar-refractivity contribution < 1.29 is 4.57 Å². The smallest absolute Gasteiger partial charge is 0.176 e. The van der Waals surface area contributed by atoms with Gasteiger partial charge in [0.2, 0.25) is 0 Å². The molecule has 0 aliphatic carbocycles. The van der Waals surface area contributed by atoms with Gasteiger partial charge >= 0.3 is 0 Å². The molecule has 102 valence electrons. The summed E-state index contributed by atoms with van der Waals surface area (Å²) in [5.41, 5.74) is 3.08. The molecule has 0 aliphatic rings. The Hall–Kier alpha value is -2.24. The van der Waals surface area contributed by atoms with Gasteiger partial charge in [-0.05, 0) is 16.7 Å². The van der Waals surface area contributed by atoms with E-state index in [0.29, 0.717) is 0 Å². The van der Waals surface area contributed by atoms with Gasteiger partial charge in [0.1, 0.15) is 5.16 Å². The van der Waals surface area contributed by atoms with Gasteiger partial charge in [-0.2, -0.15) is 0 Å². The zero-order valence-corrected chi connectivity index (χ0v) is 12.4. The maximum absolute atomic E-state index is 12.3. The Morgan fingerprint density at radius 3 is 1.05 bits per heavy atom. The molecular weight excluding hydrogens is 275 g/mol. The summed E-state index contributed by atoms with van der Waals surface area (Å²) >= 11 is 0. The third-order valence-electron chi connectivity index (χ3n) is 3.71. The van der Waals surface area contributed by atoms with Crippen molar-refractivity contribution in [2.24, 2.45) is 0 Å². The topological polar surface area (TPSA) is 17.1 Å². The van der Waals surface area contributed by atoms with Gasteiger partial charge in [0.05, 0.1) is 0 Å². The molecule has 0 aromatic heterocycles. The minimum absolute atomic E-state index is 0.0641. The Kier molecular flexibility index (Phi) is 3.94. The molecule has 0 spiro atoms. The maximum Gasteiger partial charge on any atom is 0.176 e. The van der Waals surface area contributed by atoms with Gasteiger partial charge in [-0.1, -0.05) is 91.0 Å². The molecule has 0 fully saturated rings. The predicted molar refractivity (Wildman–Crippen MR) is 86.8 cm³/mol. The highest BCUT2D eigenvalue weighted by Gasteiger charge is 2.37. The van der Waals surface area contributed by atoms with E-state index in [1.54, 1.807) is 0 Å². The molecular formula is C19H15OP. The van der Waals surface area contributed by atoms with E-state index < -0.39 is 5.16 Å². The van der Waals surface area contributed by atoms with E-state index in [9.17, 15) is 4.57 Å². The lowest BCUT2D eigenvalue weighted by molar-refractivity contribution is 0.586. The first-order valence-electron chi connectivity index (χ1n) is 6.89. The predicted octanol–water partition coefficient (Wildman–Crippen LogP) is 5.27. The standard InChI is InChI=1S/C19H15OP/c20-21-19(16-10-4-1-5-11-16,17-12-6-2-7-13-17)18-14-8-3-9-15-18/h1-15H. The van der Waals surface area contributed by atoms with Gasteiger partial charge < -0.3 is 0 Å². The summed E-state index contributed by atoms with van der Waals surface area (Å²) in [6.07, 6.45) is 0. The molecule has 21 heavy (non-hydrogen) atoms. The number of benzene rings is 3. The van der Waals surface area contributed by atoms with Gasteiger partial charge in [0.25, 0.3) is 0 Å². The largest absolute Gasteiger partial charge is 0.273 e. The lowest BCUT2D eigenvalue weighted by Gasteiger charge is -2.28. The summed E-state index contributed by atoms with van der Waals surface area (Å²) in [5, 5.41) is -0.663. The quantitative estimate of drug-likeness (QED) is 0.472. The molecule has 0 N–H and O–H groups in total. The molecule has 2 heteroatoms.